The van der Waals surface area contributed by atoms with Crippen molar-refractivity contribution in [1.82, 2.24) is 10.2 Å². The Kier molecular flexibility index (Phi) is 10.5. The minimum Gasteiger partial charge on any atom is -0.350 e. The number of hydrogen-bond acceptors (Lipinski definition) is 4. The highest BCUT2D eigenvalue weighted by Gasteiger charge is 2.35. The van der Waals surface area contributed by atoms with Gasteiger partial charge >= 0.3 is 0 Å². The molecule has 9 heteroatoms. The summed E-state index contributed by atoms with van der Waals surface area (Å²) in [5.74, 6) is -0.842. The van der Waals surface area contributed by atoms with Crippen LogP contribution in [0.25, 0.3) is 0 Å². The van der Waals surface area contributed by atoms with Gasteiger partial charge in [-0.3, -0.25) is 13.9 Å². The second kappa shape index (κ2) is 14.1. The first-order valence-corrected chi connectivity index (χ1v) is 16.2. The standard InChI is InChI=1S/C35H38ClN3O4S/c1-26-15-17-28(18-16-26)24-38(32(34(41)37-35(2,3)4)23-27-11-7-5-8-12-27)33(40)25-39(30-13-9-6-10-14-30)44(42,43)31-21-19-29(36)20-22-31/h5-22,32H,23-25H2,1-4H3,(H,37,41). The molecule has 0 fully saturated rings. The van der Waals surface area contributed by atoms with E-state index in [0.29, 0.717) is 10.7 Å². The first-order chi connectivity index (χ1) is 20.8. The van der Waals surface area contributed by atoms with Crippen molar-refractivity contribution < 1.29 is 18.0 Å². The van der Waals surface area contributed by atoms with Gasteiger partial charge in [-0.05, 0) is 75.2 Å². The number of para-hydroxylation sites is 1. The lowest BCUT2D eigenvalue weighted by Crippen LogP contribution is -2.56. The maximum absolute atomic E-state index is 14.5. The molecule has 7 nitrogen and oxygen atoms in total. The van der Waals surface area contributed by atoms with Crippen LogP contribution in [0, 0.1) is 6.92 Å². The van der Waals surface area contributed by atoms with E-state index in [2.05, 4.69) is 5.32 Å². The minimum atomic E-state index is -4.18. The first-order valence-electron chi connectivity index (χ1n) is 14.4. The minimum absolute atomic E-state index is 0.00468. The molecule has 0 saturated heterocycles. The Morgan fingerprint density at radius 3 is 1.93 bits per heavy atom. The third kappa shape index (κ3) is 8.71. The number of amides is 2. The summed E-state index contributed by atoms with van der Waals surface area (Å²) in [6.07, 6.45) is 0.246. The molecule has 0 spiro atoms. The zero-order valence-corrected chi connectivity index (χ0v) is 27.0. The molecule has 0 aliphatic carbocycles. The predicted molar refractivity (Wildman–Crippen MR) is 176 cm³/mol. The van der Waals surface area contributed by atoms with Crippen LogP contribution in [-0.4, -0.2) is 43.3 Å². The Morgan fingerprint density at radius 2 is 1.36 bits per heavy atom. The number of aryl methyl sites for hydroxylation is 1. The second-order valence-electron chi connectivity index (χ2n) is 11.8. The quantitative estimate of drug-likeness (QED) is 0.208. The van der Waals surface area contributed by atoms with Gasteiger partial charge in [0.1, 0.15) is 12.6 Å². The summed E-state index contributed by atoms with van der Waals surface area (Å²) in [6, 6.07) is 30.6. The summed E-state index contributed by atoms with van der Waals surface area (Å²) >= 11 is 6.04. The van der Waals surface area contributed by atoms with Crippen molar-refractivity contribution >= 4 is 39.1 Å². The fraction of sp³-hybridized carbons (Fsp3) is 0.257. The maximum Gasteiger partial charge on any atom is 0.264 e. The number of nitrogens with one attached hydrogen (secondary N) is 1. The molecule has 1 unspecified atom stereocenters. The van der Waals surface area contributed by atoms with E-state index in [1.54, 1.807) is 30.3 Å². The number of sulfonamides is 1. The van der Waals surface area contributed by atoms with E-state index in [9.17, 15) is 18.0 Å². The molecule has 1 atom stereocenters. The molecule has 0 radical (unpaired) electrons. The molecule has 4 aromatic rings. The number of anilines is 1. The molecule has 0 aromatic heterocycles. The number of benzene rings is 4. The Balaban J connectivity index is 1.79. The molecule has 0 aliphatic rings. The van der Waals surface area contributed by atoms with E-state index in [1.165, 1.54) is 29.2 Å². The number of hydrogen-bond donors (Lipinski definition) is 1. The molecule has 1 N–H and O–H groups in total. The van der Waals surface area contributed by atoms with Gasteiger partial charge in [-0.1, -0.05) is 90.0 Å². The van der Waals surface area contributed by atoms with Crippen LogP contribution in [0.5, 0.6) is 0 Å². The number of rotatable bonds is 11. The molecule has 2 amide bonds. The zero-order valence-electron chi connectivity index (χ0n) is 25.4. The summed E-state index contributed by atoms with van der Waals surface area (Å²) in [6.45, 7) is 7.21. The van der Waals surface area contributed by atoms with Crippen LogP contribution in [0.1, 0.15) is 37.5 Å². The number of halogens is 1. The molecular formula is C35H38ClN3O4S. The van der Waals surface area contributed by atoms with E-state index in [4.69, 9.17) is 11.6 Å². The van der Waals surface area contributed by atoms with Gasteiger partial charge in [0.25, 0.3) is 10.0 Å². The fourth-order valence-electron chi connectivity index (χ4n) is 4.75. The summed E-state index contributed by atoms with van der Waals surface area (Å²) in [7, 11) is -4.18. The Labute approximate surface area is 265 Å². The van der Waals surface area contributed by atoms with Crippen molar-refractivity contribution in [1.29, 1.82) is 0 Å². The van der Waals surface area contributed by atoms with Crippen LogP contribution in [-0.2, 0) is 32.6 Å². The van der Waals surface area contributed by atoms with Gasteiger partial charge in [-0.15, -0.1) is 0 Å². The third-order valence-electron chi connectivity index (χ3n) is 6.97. The van der Waals surface area contributed by atoms with Gasteiger partial charge in [0.05, 0.1) is 10.6 Å². The van der Waals surface area contributed by atoms with E-state index in [-0.39, 0.29) is 23.8 Å². The Bertz CT molecular complexity index is 1660. The van der Waals surface area contributed by atoms with Crippen molar-refractivity contribution in [2.24, 2.45) is 0 Å². The lowest BCUT2D eigenvalue weighted by Gasteiger charge is -2.35. The molecule has 0 heterocycles. The van der Waals surface area contributed by atoms with E-state index >= 15 is 0 Å². The van der Waals surface area contributed by atoms with Crippen molar-refractivity contribution in [3.05, 3.63) is 131 Å². The average molecular weight is 632 g/mol. The number of carbonyl (C=O) groups excluding carboxylic acids is 2. The Morgan fingerprint density at radius 1 is 0.795 bits per heavy atom. The van der Waals surface area contributed by atoms with Gasteiger partial charge in [0, 0.05) is 23.5 Å². The molecule has 4 aromatic carbocycles. The van der Waals surface area contributed by atoms with Gasteiger partial charge in [0.2, 0.25) is 11.8 Å². The highest BCUT2D eigenvalue weighted by atomic mass is 35.5. The van der Waals surface area contributed by atoms with Gasteiger partial charge < -0.3 is 10.2 Å². The molecule has 4 rings (SSSR count). The third-order valence-corrected chi connectivity index (χ3v) is 9.01. The van der Waals surface area contributed by atoms with Crippen LogP contribution in [0.2, 0.25) is 5.02 Å². The van der Waals surface area contributed by atoms with Gasteiger partial charge in [-0.2, -0.15) is 0 Å². The number of carbonyl (C=O) groups is 2. The molecule has 230 valence electrons. The SMILES string of the molecule is Cc1ccc(CN(C(=O)CN(c2ccccc2)S(=O)(=O)c2ccc(Cl)cc2)C(Cc2ccccc2)C(=O)NC(C)(C)C)cc1. The summed E-state index contributed by atoms with van der Waals surface area (Å²) in [4.78, 5) is 29.8. The van der Waals surface area contributed by atoms with Crippen molar-refractivity contribution in [3.8, 4) is 0 Å². The molecular weight excluding hydrogens is 594 g/mol. The lowest BCUT2D eigenvalue weighted by atomic mass is 10.0. The van der Waals surface area contributed by atoms with Gasteiger partial charge in [-0.25, -0.2) is 8.42 Å². The molecule has 44 heavy (non-hydrogen) atoms. The largest absolute Gasteiger partial charge is 0.350 e. The highest BCUT2D eigenvalue weighted by Crippen LogP contribution is 2.26. The summed E-state index contributed by atoms with van der Waals surface area (Å²) < 4.78 is 29.1. The monoisotopic (exact) mass is 631 g/mol. The van der Waals surface area contributed by atoms with Crippen LogP contribution in [0.3, 0.4) is 0 Å². The predicted octanol–water partition coefficient (Wildman–Crippen LogP) is 6.40. The van der Waals surface area contributed by atoms with Crippen molar-refractivity contribution in [2.45, 2.75) is 57.1 Å². The highest BCUT2D eigenvalue weighted by molar-refractivity contribution is 7.92. The molecule has 0 aliphatic heterocycles. The van der Waals surface area contributed by atoms with Crippen molar-refractivity contribution in [2.75, 3.05) is 10.8 Å². The van der Waals surface area contributed by atoms with Crippen LogP contribution >= 0.6 is 11.6 Å². The zero-order chi connectivity index (χ0) is 31.9. The normalized spacial score (nSPS) is 12.3. The first kappa shape index (κ1) is 32.8. The van der Waals surface area contributed by atoms with E-state index in [0.717, 1.165) is 21.0 Å². The number of nitrogens with zero attached hydrogens (tertiary/aromatic N) is 2. The molecule has 0 bridgehead atoms. The second-order valence-corrected chi connectivity index (χ2v) is 14.1. The fourth-order valence-corrected chi connectivity index (χ4v) is 6.29. The lowest BCUT2D eigenvalue weighted by molar-refractivity contribution is -0.140. The van der Waals surface area contributed by atoms with Crippen LogP contribution in [0.4, 0.5) is 5.69 Å². The van der Waals surface area contributed by atoms with E-state index < -0.39 is 34.1 Å². The maximum atomic E-state index is 14.5. The van der Waals surface area contributed by atoms with Crippen LogP contribution < -0.4 is 9.62 Å². The smallest absolute Gasteiger partial charge is 0.264 e. The van der Waals surface area contributed by atoms with Crippen molar-refractivity contribution in [3.63, 3.8) is 0 Å². The molecule has 0 saturated carbocycles. The summed E-state index contributed by atoms with van der Waals surface area (Å²) in [5.41, 5.74) is 2.51. The van der Waals surface area contributed by atoms with E-state index in [1.807, 2.05) is 82.3 Å². The summed E-state index contributed by atoms with van der Waals surface area (Å²) in [5, 5.41) is 3.43. The van der Waals surface area contributed by atoms with Crippen LogP contribution in [0.15, 0.2) is 114 Å². The van der Waals surface area contributed by atoms with Gasteiger partial charge in [0.15, 0.2) is 0 Å². The topological polar surface area (TPSA) is 86.8 Å². The Hall–Kier alpha value is -4.14. The average Bonchev–Trinajstić information content (AvgIpc) is 2.98.